The summed E-state index contributed by atoms with van der Waals surface area (Å²) in [6.07, 6.45) is 4.97. The SMILES string of the molecule is Cc1cc(C)c(C2NC(=O)N(C)C3=C2C(=O)N(C2CC4CCC2C4)C3)cc1C. The van der Waals surface area contributed by atoms with Gasteiger partial charge in [0.05, 0.1) is 23.9 Å². The van der Waals surface area contributed by atoms with Gasteiger partial charge in [-0.1, -0.05) is 18.6 Å². The molecule has 4 aliphatic rings. The average molecular weight is 380 g/mol. The number of urea groups is 1. The highest BCUT2D eigenvalue weighted by molar-refractivity contribution is 6.01. The molecule has 5 heteroatoms. The van der Waals surface area contributed by atoms with Crippen molar-refractivity contribution in [1.29, 1.82) is 0 Å². The molecule has 4 atom stereocenters. The number of amides is 3. The number of carbonyl (C=O) groups is 2. The van der Waals surface area contributed by atoms with Crippen molar-refractivity contribution in [2.24, 2.45) is 11.8 Å². The van der Waals surface area contributed by atoms with E-state index in [1.807, 2.05) is 0 Å². The van der Waals surface area contributed by atoms with Gasteiger partial charge in [-0.2, -0.15) is 0 Å². The van der Waals surface area contributed by atoms with Crippen molar-refractivity contribution in [2.75, 3.05) is 13.6 Å². The molecule has 2 fully saturated rings. The standard InChI is InChI=1S/C23H29N3O2/c1-12-7-14(3)17(8-13(12)2)21-20-19(25(4)23(28)24-21)11-26(22(20)27)18-10-15-5-6-16(18)9-15/h7-8,15-16,18,21H,5-6,9-11H2,1-4H3,(H,24,28). The Morgan fingerprint density at radius 3 is 2.43 bits per heavy atom. The Hall–Kier alpha value is -2.30. The second-order valence-corrected chi connectivity index (χ2v) is 9.27. The number of likely N-dealkylation sites (N-methyl/N-ethyl adjacent to an activating group) is 1. The molecule has 1 aromatic rings. The molecule has 2 bridgehead atoms. The Kier molecular flexibility index (Phi) is 3.87. The summed E-state index contributed by atoms with van der Waals surface area (Å²) in [5.41, 5.74) is 6.24. The fraction of sp³-hybridized carbons (Fsp3) is 0.565. The van der Waals surface area contributed by atoms with Crippen LogP contribution in [0.25, 0.3) is 0 Å². The number of rotatable bonds is 2. The number of carbonyl (C=O) groups excluding carboxylic acids is 2. The monoisotopic (exact) mass is 379 g/mol. The molecule has 148 valence electrons. The molecule has 1 N–H and O–H groups in total. The van der Waals surface area contributed by atoms with Crippen molar-refractivity contribution in [3.05, 3.63) is 45.7 Å². The highest BCUT2D eigenvalue weighted by Crippen LogP contribution is 2.49. The van der Waals surface area contributed by atoms with Gasteiger partial charge in [0.1, 0.15) is 0 Å². The zero-order valence-corrected chi connectivity index (χ0v) is 17.2. The van der Waals surface area contributed by atoms with Crippen LogP contribution < -0.4 is 5.32 Å². The van der Waals surface area contributed by atoms with Gasteiger partial charge in [-0.25, -0.2) is 4.79 Å². The minimum Gasteiger partial charge on any atom is -0.330 e. The lowest BCUT2D eigenvalue weighted by Gasteiger charge is -2.32. The van der Waals surface area contributed by atoms with Crippen molar-refractivity contribution in [1.82, 2.24) is 15.1 Å². The molecule has 5 rings (SSSR count). The van der Waals surface area contributed by atoms with Gasteiger partial charge in [0.2, 0.25) is 0 Å². The van der Waals surface area contributed by atoms with Gasteiger partial charge in [0.25, 0.3) is 5.91 Å². The van der Waals surface area contributed by atoms with E-state index in [2.05, 4.69) is 43.1 Å². The zero-order valence-electron chi connectivity index (χ0n) is 17.2. The highest BCUT2D eigenvalue weighted by atomic mass is 16.2. The van der Waals surface area contributed by atoms with Gasteiger partial charge < -0.3 is 10.2 Å². The highest BCUT2D eigenvalue weighted by Gasteiger charge is 2.50. The number of hydrogen-bond donors (Lipinski definition) is 1. The van der Waals surface area contributed by atoms with Gasteiger partial charge in [0.15, 0.2) is 0 Å². The first-order valence-corrected chi connectivity index (χ1v) is 10.5. The first kappa shape index (κ1) is 17.8. The molecule has 3 amide bonds. The van der Waals surface area contributed by atoms with Crippen LogP contribution in [0.3, 0.4) is 0 Å². The minimum atomic E-state index is -0.353. The topological polar surface area (TPSA) is 52.7 Å². The van der Waals surface area contributed by atoms with E-state index in [9.17, 15) is 9.59 Å². The van der Waals surface area contributed by atoms with Crippen molar-refractivity contribution < 1.29 is 9.59 Å². The van der Waals surface area contributed by atoms with E-state index in [1.165, 1.54) is 30.4 Å². The molecule has 0 saturated heterocycles. The van der Waals surface area contributed by atoms with E-state index >= 15 is 0 Å². The maximum Gasteiger partial charge on any atom is 0.322 e. The Morgan fingerprint density at radius 1 is 1.00 bits per heavy atom. The Labute approximate surface area is 166 Å². The van der Waals surface area contributed by atoms with E-state index in [4.69, 9.17) is 0 Å². The predicted molar refractivity (Wildman–Crippen MR) is 108 cm³/mol. The number of aryl methyl sites for hydroxylation is 3. The molecule has 0 spiro atoms. The van der Waals surface area contributed by atoms with Crippen LogP contribution in [0, 0.1) is 32.6 Å². The molecule has 4 unspecified atom stereocenters. The number of fused-ring (bicyclic) bond motifs is 2. The van der Waals surface area contributed by atoms with Crippen LogP contribution in [-0.2, 0) is 4.79 Å². The quantitative estimate of drug-likeness (QED) is 0.854. The van der Waals surface area contributed by atoms with Gasteiger partial charge >= 0.3 is 6.03 Å². The van der Waals surface area contributed by atoms with Crippen LogP contribution in [0.4, 0.5) is 4.79 Å². The van der Waals surface area contributed by atoms with Gasteiger partial charge in [-0.3, -0.25) is 9.69 Å². The first-order chi connectivity index (χ1) is 13.3. The summed E-state index contributed by atoms with van der Waals surface area (Å²) in [4.78, 5) is 30.0. The van der Waals surface area contributed by atoms with Gasteiger partial charge in [-0.15, -0.1) is 0 Å². The second kappa shape index (κ2) is 6.10. The van der Waals surface area contributed by atoms with Crippen molar-refractivity contribution >= 4 is 11.9 Å². The summed E-state index contributed by atoms with van der Waals surface area (Å²) in [6, 6.07) is 4.17. The van der Waals surface area contributed by atoms with E-state index in [1.54, 1.807) is 11.9 Å². The Morgan fingerprint density at radius 2 is 1.75 bits per heavy atom. The smallest absolute Gasteiger partial charge is 0.322 e. The summed E-state index contributed by atoms with van der Waals surface area (Å²) in [6.45, 7) is 6.83. The first-order valence-electron chi connectivity index (χ1n) is 10.5. The molecule has 0 aromatic heterocycles. The normalized spacial score (nSPS) is 31.7. The van der Waals surface area contributed by atoms with Crippen LogP contribution >= 0.6 is 0 Å². The van der Waals surface area contributed by atoms with Crippen molar-refractivity contribution in [3.63, 3.8) is 0 Å². The van der Waals surface area contributed by atoms with E-state index < -0.39 is 0 Å². The number of nitrogens with one attached hydrogen (secondary N) is 1. The summed E-state index contributed by atoms with van der Waals surface area (Å²) in [5, 5.41) is 3.10. The zero-order chi connectivity index (χ0) is 19.7. The maximum atomic E-state index is 13.6. The third-order valence-corrected chi connectivity index (χ3v) is 7.68. The maximum absolute atomic E-state index is 13.6. The van der Waals surface area contributed by atoms with Crippen LogP contribution in [0.5, 0.6) is 0 Å². The molecule has 5 nitrogen and oxygen atoms in total. The molecule has 2 aliphatic heterocycles. The van der Waals surface area contributed by atoms with Crippen LogP contribution in [0.1, 0.15) is 54.0 Å². The van der Waals surface area contributed by atoms with Gasteiger partial charge in [0, 0.05) is 13.1 Å². The van der Waals surface area contributed by atoms with Crippen LogP contribution in [0.15, 0.2) is 23.4 Å². The number of hydrogen-bond acceptors (Lipinski definition) is 2. The summed E-state index contributed by atoms with van der Waals surface area (Å²) in [7, 11) is 1.78. The summed E-state index contributed by atoms with van der Waals surface area (Å²) in [5.74, 6) is 1.56. The fourth-order valence-electron chi connectivity index (χ4n) is 5.98. The van der Waals surface area contributed by atoms with Crippen LogP contribution in [-0.4, -0.2) is 41.4 Å². The number of benzene rings is 1. The molecule has 2 saturated carbocycles. The van der Waals surface area contributed by atoms with E-state index in [-0.39, 0.29) is 18.0 Å². The molecular formula is C23H29N3O2. The van der Waals surface area contributed by atoms with E-state index in [0.717, 1.165) is 34.7 Å². The molecular weight excluding hydrogens is 350 g/mol. The molecule has 1 aromatic carbocycles. The lowest BCUT2D eigenvalue weighted by Crippen LogP contribution is -2.45. The third-order valence-electron chi connectivity index (χ3n) is 7.68. The van der Waals surface area contributed by atoms with Crippen molar-refractivity contribution in [2.45, 2.75) is 58.5 Å². The molecule has 2 aliphatic carbocycles. The van der Waals surface area contributed by atoms with Gasteiger partial charge in [-0.05, 0) is 74.1 Å². The van der Waals surface area contributed by atoms with Crippen LogP contribution in [0.2, 0.25) is 0 Å². The van der Waals surface area contributed by atoms with Crippen molar-refractivity contribution in [3.8, 4) is 0 Å². The predicted octanol–water partition coefficient (Wildman–Crippen LogP) is 3.59. The molecule has 0 radical (unpaired) electrons. The Bertz CT molecular complexity index is 919. The third kappa shape index (κ3) is 2.44. The largest absolute Gasteiger partial charge is 0.330 e. The summed E-state index contributed by atoms with van der Waals surface area (Å²) < 4.78 is 0. The molecule has 2 heterocycles. The lowest BCUT2D eigenvalue weighted by molar-refractivity contribution is -0.128. The van der Waals surface area contributed by atoms with E-state index in [0.29, 0.717) is 18.5 Å². The lowest BCUT2D eigenvalue weighted by atomic mass is 9.89. The average Bonchev–Trinajstić information content (AvgIpc) is 3.36. The fourth-order valence-corrected chi connectivity index (χ4v) is 5.98. The Balaban J connectivity index is 1.54. The minimum absolute atomic E-state index is 0.121. The molecule has 28 heavy (non-hydrogen) atoms. The second-order valence-electron chi connectivity index (χ2n) is 9.27. The summed E-state index contributed by atoms with van der Waals surface area (Å²) >= 11 is 0. The number of nitrogens with zero attached hydrogens (tertiary/aromatic N) is 2.